The minimum Gasteiger partial charge on any atom is -0.461 e. The number of alkyl halides is 2. The van der Waals surface area contributed by atoms with Crippen LogP contribution in [0.1, 0.15) is 36.3 Å². The molecule has 0 saturated carbocycles. The van der Waals surface area contributed by atoms with Crippen LogP contribution in [0.5, 0.6) is 0 Å². The fourth-order valence-electron chi connectivity index (χ4n) is 2.14. The maximum Gasteiger partial charge on any atom is 0.360 e. The van der Waals surface area contributed by atoms with Crippen molar-refractivity contribution in [3.05, 3.63) is 34.7 Å². The summed E-state index contributed by atoms with van der Waals surface area (Å²) >= 11 is 6.18. The summed E-state index contributed by atoms with van der Waals surface area (Å²) in [5.41, 5.74) is -0.378. The van der Waals surface area contributed by atoms with E-state index in [-0.39, 0.29) is 40.7 Å². The molecule has 0 aliphatic heterocycles. The van der Waals surface area contributed by atoms with E-state index in [1.165, 1.54) is 4.68 Å². The zero-order chi connectivity index (χ0) is 17.1. The molecule has 0 atom stereocenters. The number of nitrogens with zero attached hydrogens (tertiary/aromatic N) is 3. The number of esters is 1. The van der Waals surface area contributed by atoms with Crippen LogP contribution in [0.4, 0.5) is 8.78 Å². The number of aryl methyl sites for hydroxylation is 1. The van der Waals surface area contributed by atoms with Crippen LogP contribution in [0.25, 0.3) is 11.3 Å². The summed E-state index contributed by atoms with van der Waals surface area (Å²) < 4.78 is 33.3. The Balaban J connectivity index is 2.69. The Kier molecular flexibility index (Phi) is 5.15. The van der Waals surface area contributed by atoms with Gasteiger partial charge >= 0.3 is 5.97 Å². The molecule has 0 aromatic carbocycles. The van der Waals surface area contributed by atoms with Crippen LogP contribution in [0.15, 0.2) is 18.5 Å². The number of hydrogen-bond donors (Lipinski definition) is 1. The largest absolute Gasteiger partial charge is 0.461 e. The summed E-state index contributed by atoms with van der Waals surface area (Å²) in [6.45, 7) is 3.77. The smallest absolute Gasteiger partial charge is 0.360 e. The Morgan fingerprint density at radius 1 is 1.52 bits per heavy atom. The van der Waals surface area contributed by atoms with Crippen molar-refractivity contribution in [2.45, 2.75) is 26.8 Å². The highest BCUT2D eigenvalue weighted by Gasteiger charge is 2.28. The molecule has 9 heteroatoms. The molecule has 0 spiro atoms. The van der Waals surface area contributed by atoms with Crippen molar-refractivity contribution in [1.29, 1.82) is 0 Å². The molecule has 0 amide bonds. The summed E-state index contributed by atoms with van der Waals surface area (Å²) in [6.07, 6.45) is -0.614. The van der Waals surface area contributed by atoms with Gasteiger partial charge in [-0.05, 0) is 13.8 Å². The molecule has 2 aromatic rings. The molecular weight excluding hydrogens is 332 g/mol. The van der Waals surface area contributed by atoms with Crippen LogP contribution < -0.4 is 4.73 Å². The first-order valence-corrected chi connectivity index (χ1v) is 7.24. The van der Waals surface area contributed by atoms with E-state index in [2.05, 4.69) is 5.10 Å². The van der Waals surface area contributed by atoms with E-state index in [4.69, 9.17) is 16.3 Å². The molecule has 1 N–H and O–H groups in total. The third-order valence-corrected chi connectivity index (χ3v) is 3.49. The quantitative estimate of drug-likeness (QED) is 0.513. The number of rotatable bonds is 5. The van der Waals surface area contributed by atoms with Gasteiger partial charge in [-0.1, -0.05) is 11.6 Å². The van der Waals surface area contributed by atoms with Crippen LogP contribution in [0.3, 0.4) is 0 Å². The van der Waals surface area contributed by atoms with Crippen molar-refractivity contribution in [1.82, 2.24) is 9.78 Å². The van der Waals surface area contributed by atoms with E-state index >= 15 is 0 Å². The first-order chi connectivity index (χ1) is 10.9. The highest BCUT2D eigenvalue weighted by molar-refractivity contribution is 6.35. The minimum absolute atomic E-state index is 0.0140. The lowest BCUT2D eigenvalue weighted by molar-refractivity contribution is -0.904. The molecule has 0 radical (unpaired) electrons. The molecule has 0 aliphatic carbocycles. The van der Waals surface area contributed by atoms with Crippen LogP contribution in [0.2, 0.25) is 5.02 Å². The standard InChI is InChI=1S/C14H15ClF2N3O3/c1-3-20-12(10(15)11(18-20)14(21)23-4-2)9-7-19(22)6-5-8(9)13(16)17/h5-7,13,22H,3-4H2,1-2H3/q+1. The molecule has 2 rings (SSSR count). The fourth-order valence-corrected chi connectivity index (χ4v) is 2.45. The lowest BCUT2D eigenvalue weighted by Crippen LogP contribution is -2.29. The van der Waals surface area contributed by atoms with Crippen molar-refractivity contribution >= 4 is 17.6 Å². The average Bonchev–Trinajstić information content (AvgIpc) is 2.83. The van der Waals surface area contributed by atoms with Crippen molar-refractivity contribution in [3.8, 4) is 11.3 Å². The summed E-state index contributed by atoms with van der Waals surface area (Å²) in [4.78, 5) is 11.9. The number of ether oxygens (including phenoxy) is 1. The Labute approximate surface area is 135 Å². The lowest BCUT2D eigenvalue weighted by atomic mass is 10.1. The number of carbonyl (C=O) groups is 1. The minimum atomic E-state index is -2.78. The van der Waals surface area contributed by atoms with Gasteiger partial charge < -0.3 is 4.74 Å². The normalized spacial score (nSPS) is 11.0. The van der Waals surface area contributed by atoms with Gasteiger partial charge in [0.2, 0.25) is 12.4 Å². The SMILES string of the molecule is CCOC(=O)c1nn(CC)c(-c2c[n+](O)ccc2C(F)F)c1Cl. The second kappa shape index (κ2) is 6.91. The third kappa shape index (κ3) is 3.26. The van der Waals surface area contributed by atoms with Gasteiger partial charge in [0.25, 0.3) is 6.43 Å². The summed E-state index contributed by atoms with van der Waals surface area (Å²) in [7, 11) is 0. The molecule has 0 bridgehead atoms. The van der Waals surface area contributed by atoms with Gasteiger partial charge in [-0.25, -0.2) is 13.6 Å². The van der Waals surface area contributed by atoms with Gasteiger partial charge in [-0.2, -0.15) is 5.10 Å². The first kappa shape index (κ1) is 17.1. The molecule has 2 heterocycles. The third-order valence-electron chi connectivity index (χ3n) is 3.13. The van der Waals surface area contributed by atoms with Crippen molar-refractivity contribution in [2.75, 3.05) is 6.61 Å². The molecule has 124 valence electrons. The Bertz CT molecular complexity index is 734. The second-order valence-electron chi connectivity index (χ2n) is 4.54. The molecular formula is C14H15ClF2N3O3+. The first-order valence-electron chi connectivity index (χ1n) is 6.87. The summed E-state index contributed by atoms with van der Waals surface area (Å²) in [6, 6.07) is 1.08. The van der Waals surface area contributed by atoms with E-state index in [9.17, 15) is 18.8 Å². The molecule has 0 saturated heterocycles. The van der Waals surface area contributed by atoms with Gasteiger partial charge in [0, 0.05) is 22.9 Å². The molecule has 6 nitrogen and oxygen atoms in total. The lowest BCUT2D eigenvalue weighted by Gasteiger charge is -2.08. The zero-order valence-corrected chi connectivity index (χ0v) is 13.2. The van der Waals surface area contributed by atoms with Gasteiger partial charge in [0.05, 0.1) is 17.9 Å². The summed E-state index contributed by atoms with van der Waals surface area (Å²) in [5, 5.41) is 13.5. The Hall–Kier alpha value is -2.22. The van der Waals surface area contributed by atoms with E-state index in [0.717, 1.165) is 18.5 Å². The van der Waals surface area contributed by atoms with Crippen LogP contribution in [-0.4, -0.2) is 27.6 Å². The topological polar surface area (TPSA) is 68.2 Å². The highest BCUT2D eigenvalue weighted by atomic mass is 35.5. The highest BCUT2D eigenvalue weighted by Crippen LogP contribution is 2.36. The predicted octanol–water partition coefficient (Wildman–Crippen LogP) is 2.86. The van der Waals surface area contributed by atoms with E-state index < -0.39 is 12.4 Å². The van der Waals surface area contributed by atoms with Gasteiger partial charge in [0.1, 0.15) is 5.02 Å². The summed E-state index contributed by atoms with van der Waals surface area (Å²) in [5.74, 6) is -0.739. The maximum atomic E-state index is 13.2. The number of carbonyl (C=O) groups excluding carboxylic acids is 1. The monoisotopic (exact) mass is 346 g/mol. The second-order valence-corrected chi connectivity index (χ2v) is 4.92. The molecule has 2 aromatic heterocycles. The fraction of sp³-hybridized carbons (Fsp3) is 0.357. The van der Waals surface area contributed by atoms with E-state index in [0.29, 0.717) is 4.73 Å². The number of aromatic nitrogens is 3. The van der Waals surface area contributed by atoms with Gasteiger partial charge in [0.15, 0.2) is 5.69 Å². The van der Waals surface area contributed by atoms with Crippen LogP contribution >= 0.6 is 11.6 Å². The predicted molar refractivity (Wildman–Crippen MR) is 76.6 cm³/mol. The maximum absolute atomic E-state index is 13.2. The van der Waals surface area contributed by atoms with Crippen LogP contribution in [-0.2, 0) is 11.3 Å². The zero-order valence-electron chi connectivity index (χ0n) is 12.5. The average molecular weight is 347 g/mol. The van der Waals surface area contributed by atoms with Crippen LogP contribution in [0, 0.1) is 0 Å². The van der Waals surface area contributed by atoms with Gasteiger partial charge in [-0.3, -0.25) is 9.89 Å². The van der Waals surface area contributed by atoms with E-state index in [1.807, 2.05) is 0 Å². The van der Waals surface area contributed by atoms with Crippen molar-refractivity contribution < 1.29 is 28.2 Å². The molecule has 0 unspecified atom stereocenters. The molecule has 0 fully saturated rings. The number of halogens is 3. The number of pyridine rings is 1. The number of hydrogen-bond acceptors (Lipinski definition) is 4. The van der Waals surface area contributed by atoms with Gasteiger partial charge in [-0.15, -0.1) is 0 Å². The van der Waals surface area contributed by atoms with Crippen molar-refractivity contribution in [3.63, 3.8) is 0 Å². The van der Waals surface area contributed by atoms with Crippen molar-refractivity contribution in [2.24, 2.45) is 0 Å². The molecule has 23 heavy (non-hydrogen) atoms. The Morgan fingerprint density at radius 3 is 2.78 bits per heavy atom. The van der Waals surface area contributed by atoms with E-state index in [1.54, 1.807) is 13.8 Å². The Morgan fingerprint density at radius 2 is 2.22 bits per heavy atom. The molecule has 0 aliphatic rings.